The standard InChI is InChI=1S/C11H12N2OS/c12-11-13-8-10(15-11)6-7-14-9-4-2-1-3-5-9/h1-5,8H,6-7H2,(H2,12,13). The summed E-state index contributed by atoms with van der Waals surface area (Å²) >= 11 is 1.51. The summed E-state index contributed by atoms with van der Waals surface area (Å²) < 4.78 is 5.56. The molecule has 0 saturated heterocycles. The van der Waals surface area contributed by atoms with Gasteiger partial charge in [-0.1, -0.05) is 18.2 Å². The van der Waals surface area contributed by atoms with E-state index in [-0.39, 0.29) is 0 Å². The number of nitrogens with zero attached hydrogens (tertiary/aromatic N) is 1. The van der Waals surface area contributed by atoms with Crippen LogP contribution in [0.1, 0.15) is 4.88 Å². The molecule has 1 aromatic carbocycles. The van der Waals surface area contributed by atoms with E-state index in [0.717, 1.165) is 17.0 Å². The molecule has 15 heavy (non-hydrogen) atoms. The molecule has 78 valence electrons. The molecule has 0 fully saturated rings. The summed E-state index contributed by atoms with van der Waals surface area (Å²) in [6, 6.07) is 9.78. The lowest BCUT2D eigenvalue weighted by atomic mass is 10.3. The first-order valence-corrected chi connectivity index (χ1v) is 5.54. The van der Waals surface area contributed by atoms with Crippen molar-refractivity contribution in [2.75, 3.05) is 12.3 Å². The minimum Gasteiger partial charge on any atom is -0.493 e. The van der Waals surface area contributed by atoms with E-state index in [1.165, 1.54) is 11.3 Å². The Morgan fingerprint density at radius 3 is 2.73 bits per heavy atom. The van der Waals surface area contributed by atoms with Crippen molar-refractivity contribution in [2.24, 2.45) is 0 Å². The summed E-state index contributed by atoms with van der Waals surface area (Å²) in [5.74, 6) is 0.898. The number of rotatable bonds is 4. The van der Waals surface area contributed by atoms with E-state index < -0.39 is 0 Å². The van der Waals surface area contributed by atoms with Crippen LogP contribution >= 0.6 is 11.3 Å². The van der Waals surface area contributed by atoms with E-state index in [2.05, 4.69) is 4.98 Å². The normalized spacial score (nSPS) is 10.1. The van der Waals surface area contributed by atoms with Crippen molar-refractivity contribution in [3.05, 3.63) is 41.4 Å². The molecule has 0 unspecified atom stereocenters. The number of nitrogens with two attached hydrogens (primary N) is 1. The first-order chi connectivity index (χ1) is 7.34. The van der Waals surface area contributed by atoms with Crippen molar-refractivity contribution < 1.29 is 4.74 Å². The molecule has 4 heteroatoms. The Hall–Kier alpha value is -1.55. The van der Waals surface area contributed by atoms with Crippen LogP contribution in [0.15, 0.2) is 36.5 Å². The highest BCUT2D eigenvalue weighted by molar-refractivity contribution is 7.15. The molecule has 0 bridgehead atoms. The van der Waals surface area contributed by atoms with Gasteiger partial charge in [-0.2, -0.15) is 0 Å². The lowest BCUT2D eigenvalue weighted by Gasteiger charge is -2.03. The molecular weight excluding hydrogens is 208 g/mol. The van der Waals surface area contributed by atoms with Crippen LogP contribution < -0.4 is 10.5 Å². The number of nitrogen functional groups attached to an aromatic ring is 1. The van der Waals surface area contributed by atoms with Gasteiger partial charge in [-0.05, 0) is 12.1 Å². The predicted octanol–water partition coefficient (Wildman–Crippen LogP) is 2.35. The van der Waals surface area contributed by atoms with Gasteiger partial charge >= 0.3 is 0 Å². The molecular formula is C11H12N2OS. The number of aromatic nitrogens is 1. The molecule has 2 rings (SSSR count). The predicted molar refractivity (Wildman–Crippen MR) is 62.2 cm³/mol. The molecule has 3 nitrogen and oxygen atoms in total. The Balaban J connectivity index is 1.80. The monoisotopic (exact) mass is 220 g/mol. The van der Waals surface area contributed by atoms with Crippen LogP contribution in [-0.4, -0.2) is 11.6 Å². The number of hydrogen-bond donors (Lipinski definition) is 1. The fourth-order valence-corrected chi connectivity index (χ4v) is 1.89. The van der Waals surface area contributed by atoms with Crippen LogP contribution in [0.2, 0.25) is 0 Å². The molecule has 1 aromatic heterocycles. The van der Waals surface area contributed by atoms with Gasteiger partial charge in [-0.3, -0.25) is 0 Å². The Morgan fingerprint density at radius 1 is 1.27 bits per heavy atom. The van der Waals surface area contributed by atoms with Gasteiger partial charge in [0.1, 0.15) is 5.75 Å². The summed E-state index contributed by atoms with van der Waals surface area (Å²) in [6.45, 7) is 0.658. The zero-order valence-electron chi connectivity index (χ0n) is 8.22. The topological polar surface area (TPSA) is 48.1 Å². The molecule has 0 spiro atoms. The SMILES string of the molecule is Nc1ncc(CCOc2ccccc2)s1. The van der Waals surface area contributed by atoms with E-state index >= 15 is 0 Å². The summed E-state index contributed by atoms with van der Waals surface area (Å²) in [5.41, 5.74) is 5.53. The maximum atomic E-state index is 5.56. The van der Waals surface area contributed by atoms with Gasteiger partial charge in [-0.25, -0.2) is 4.98 Å². The molecule has 0 saturated carbocycles. The largest absolute Gasteiger partial charge is 0.493 e. The second-order valence-electron chi connectivity index (χ2n) is 3.08. The van der Waals surface area contributed by atoms with E-state index in [1.807, 2.05) is 30.3 Å². The highest BCUT2D eigenvalue weighted by Gasteiger charge is 1.98. The smallest absolute Gasteiger partial charge is 0.180 e. The molecule has 2 N–H and O–H groups in total. The van der Waals surface area contributed by atoms with Crippen molar-refractivity contribution in [3.8, 4) is 5.75 Å². The summed E-state index contributed by atoms with van der Waals surface area (Å²) in [6.07, 6.45) is 2.65. The van der Waals surface area contributed by atoms with Gasteiger partial charge < -0.3 is 10.5 Å². The van der Waals surface area contributed by atoms with Gasteiger partial charge in [0.15, 0.2) is 5.13 Å². The molecule has 0 amide bonds. The second-order valence-corrected chi connectivity index (χ2v) is 4.22. The van der Waals surface area contributed by atoms with Crippen molar-refractivity contribution >= 4 is 16.5 Å². The highest BCUT2D eigenvalue weighted by atomic mass is 32.1. The minimum absolute atomic E-state index is 0.615. The fraction of sp³-hybridized carbons (Fsp3) is 0.182. The number of para-hydroxylation sites is 1. The Bertz CT molecular complexity index is 414. The van der Waals surface area contributed by atoms with Crippen molar-refractivity contribution in [1.82, 2.24) is 4.98 Å². The number of hydrogen-bond acceptors (Lipinski definition) is 4. The minimum atomic E-state index is 0.615. The second kappa shape index (κ2) is 4.79. The van der Waals surface area contributed by atoms with Gasteiger partial charge in [0.25, 0.3) is 0 Å². The van der Waals surface area contributed by atoms with E-state index in [0.29, 0.717) is 11.7 Å². The third kappa shape index (κ3) is 2.95. The van der Waals surface area contributed by atoms with Crippen LogP contribution in [0.4, 0.5) is 5.13 Å². The lowest BCUT2D eigenvalue weighted by molar-refractivity contribution is 0.323. The van der Waals surface area contributed by atoms with Crippen molar-refractivity contribution in [2.45, 2.75) is 6.42 Å². The number of ether oxygens (including phenoxy) is 1. The first-order valence-electron chi connectivity index (χ1n) is 4.72. The van der Waals surface area contributed by atoms with Gasteiger partial charge in [0, 0.05) is 17.5 Å². The molecule has 0 aliphatic carbocycles. The first kappa shape index (κ1) is 9.98. The maximum absolute atomic E-state index is 5.56. The Kier molecular flexibility index (Phi) is 3.19. The molecule has 0 radical (unpaired) electrons. The zero-order valence-corrected chi connectivity index (χ0v) is 9.04. The van der Waals surface area contributed by atoms with Gasteiger partial charge in [0.2, 0.25) is 0 Å². The average molecular weight is 220 g/mol. The van der Waals surface area contributed by atoms with E-state index in [9.17, 15) is 0 Å². The molecule has 2 aromatic rings. The van der Waals surface area contributed by atoms with Crippen LogP contribution in [0.25, 0.3) is 0 Å². The lowest BCUT2D eigenvalue weighted by Crippen LogP contribution is -1.99. The summed E-state index contributed by atoms with van der Waals surface area (Å²) in [4.78, 5) is 5.14. The van der Waals surface area contributed by atoms with Gasteiger partial charge in [-0.15, -0.1) is 11.3 Å². The van der Waals surface area contributed by atoms with E-state index in [4.69, 9.17) is 10.5 Å². The molecule has 0 aliphatic heterocycles. The number of thiazole rings is 1. The molecule has 0 atom stereocenters. The molecule has 0 aliphatic rings. The van der Waals surface area contributed by atoms with Crippen molar-refractivity contribution in [3.63, 3.8) is 0 Å². The number of benzene rings is 1. The molecule has 1 heterocycles. The summed E-state index contributed by atoms with van der Waals surface area (Å²) in [7, 11) is 0. The maximum Gasteiger partial charge on any atom is 0.180 e. The third-order valence-corrected chi connectivity index (χ3v) is 2.82. The zero-order chi connectivity index (χ0) is 10.5. The number of anilines is 1. The van der Waals surface area contributed by atoms with Crippen molar-refractivity contribution in [1.29, 1.82) is 0 Å². The van der Waals surface area contributed by atoms with Crippen LogP contribution in [0, 0.1) is 0 Å². The Labute approximate surface area is 92.5 Å². The Morgan fingerprint density at radius 2 is 2.07 bits per heavy atom. The fourth-order valence-electron chi connectivity index (χ4n) is 1.22. The average Bonchev–Trinajstić information content (AvgIpc) is 2.66. The van der Waals surface area contributed by atoms with Crippen LogP contribution in [-0.2, 0) is 6.42 Å². The van der Waals surface area contributed by atoms with Crippen LogP contribution in [0.3, 0.4) is 0 Å². The summed E-state index contributed by atoms with van der Waals surface area (Å²) in [5, 5.41) is 0.615. The van der Waals surface area contributed by atoms with E-state index in [1.54, 1.807) is 6.20 Å². The quantitative estimate of drug-likeness (QED) is 0.860. The van der Waals surface area contributed by atoms with Gasteiger partial charge in [0.05, 0.1) is 6.61 Å². The highest BCUT2D eigenvalue weighted by Crippen LogP contribution is 2.15. The third-order valence-electron chi connectivity index (χ3n) is 1.93. The van der Waals surface area contributed by atoms with Crippen LogP contribution in [0.5, 0.6) is 5.75 Å².